The van der Waals surface area contributed by atoms with Gasteiger partial charge < -0.3 is 16.0 Å². The van der Waals surface area contributed by atoms with Crippen molar-refractivity contribution < 1.29 is 4.79 Å². The molecule has 1 aliphatic rings. The molecule has 0 saturated carbocycles. The summed E-state index contributed by atoms with van der Waals surface area (Å²) in [6.07, 6.45) is 1.68. The lowest BCUT2D eigenvalue weighted by molar-refractivity contribution is -0.122. The fraction of sp³-hybridized carbons (Fsp3) is 0.611. The van der Waals surface area contributed by atoms with Gasteiger partial charge in [0, 0.05) is 44.5 Å². The van der Waals surface area contributed by atoms with Crippen LogP contribution in [0.25, 0.3) is 0 Å². The number of para-hydroxylation sites is 1. The molecule has 2 unspecified atom stereocenters. The molecule has 6 heteroatoms. The molecule has 1 fully saturated rings. The number of hydrogen-bond donors (Lipinski definition) is 2. The van der Waals surface area contributed by atoms with Crippen molar-refractivity contribution >= 4 is 24.0 Å². The molecular weight excluding hydrogens is 324 g/mol. The van der Waals surface area contributed by atoms with E-state index in [1.165, 1.54) is 5.69 Å². The Kier molecular flexibility index (Phi) is 9.11. The fourth-order valence-corrected chi connectivity index (χ4v) is 3.01. The third kappa shape index (κ3) is 5.96. The highest BCUT2D eigenvalue weighted by Gasteiger charge is 2.22. The zero-order valence-electron chi connectivity index (χ0n) is 14.8. The molecular formula is C18H31ClN4O. The van der Waals surface area contributed by atoms with E-state index in [-0.39, 0.29) is 24.4 Å². The highest BCUT2D eigenvalue weighted by molar-refractivity contribution is 5.85. The molecule has 1 saturated heterocycles. The van der Waals surface area contributed by atoms with Crippen LogP contribution in [0.15, 0.2) is 30.3 Å². The lowest BCUT2D eigenvalue weighted by Gasteiger charge is -2.39. The van der Waals surface area contributed by atoms with Crippen LogP contribution in [0.4, 0.5) is 5.69 Å². The minimum absolute atomic E-state index is 0. The number of nitrogens with one attached hydrogen (secondary N) is 1. The summed E-state index contributed by atoms with van der Waals surface area (Å²) in [4.78, 5) is 16.7. The highest BCUT2D eigenvalue weighted by Crippen LogP contribution is 2.16. The van der Waals surface area contributed by atoms with Crippen molar-refractivity contribution in [2.75, 3.05) is 37.6 Å². The lowest BCUT2D eigenvalue weighted by Crippen LogP contribution is -2.53. The third-order valence-electron chi connectivity index (χ3n) is 4.57. The van der Waals surface area contributed by atoms with Crippen LogP contribution in [-0.4, -0.2) is 55.6 Å². The number of carbonyl (C=O) groups is 1. The largest absolute Gasteiger partial charge is 0.369 e. The summed E-state index contributed by atoms with van der Waals surface area (Å²) in [6, 6.07) is 10.5. The highest BCUT2D eigenvalue weighted by atomic mass is 35.5. The van der Waals surface area contributed by atoms with E-state index >= 15 is 0 Å². The number of nitrogens with zero attached hydrogens (tertiary/aromatic N) is 2. The van der Waals surface area contributed by atoms with Gasteiger partial charge in [0.1, 0.15) is 0 Å². The van der Waals surface area contributed by atoms with Crippen molar-refractivity contribution in [3.05, 3.63) is 30.3 Å². The topological polar surface area (TPSA) is 61.6 Å². The summed E-state index contributed by atoms with van der Waals surface area (Å²) in [6.45, 7) is 8.97. The van der Waals surface area contributed by atoms with E-state index in [9.17, 15) is 4.79 Å². The molecule has 2 rings (SSSR count). The van der Waals surface area contributed by atoms with Crippen molar-refractivity contribution in [3.8, 4) is 0 Å². The fourth-order valence-electron chi connectivity index (χ4n) is 3.01. The van der Waals surface area contributed by atoms with Gasteiger partial charge in [-0.05, 0) is 25.5 Å². The Morgan fingerprint density at radius 3 is 2.42 bits per heavy atom. The number of anilines is 1. The van der Waals surface area contributed by atoms with Crippen molar-refractivity contribution in [1.82, 2.24) is 10.2 Å². The summed E-state index contributed by atoms with van der Waals surface area (Å²) in [5, 5.41) is 2.99. The Morgan fingerprint density at radius 1 is 1.21 bits per heavy atom. The molecule has 0 aliphatic carbocycles. The molecule has 0 spiro atoms. The summed E-state index contributed by atoms with van der Waals surface area (Å²) in [7, 11) is 0. The molecule has 1 amide bonds. The monoisotopic (exact) mass is 354 g/mol. The normalized spacial score (nSPS) is 17.7. The van der Waals surface area contributed by atoms with E-state index < -0.39 is 0 Å². The maximum atomic E-state index is 11.9. The van der Waals surface area contributed by atoms with Crippen molar-refractivity contribution in [2.45, 2.75) is 38.8 Å². The number of benzene rings is 1. The predicted molar refractivity (Wildman–Crippen MR) is 103 cm³/mol. The van der Waals surface area contributed by atoms with Gasteiger partial charge in [-0.15, -0.1) is 12.4 Å². The maximum absolute atomic E-state index is 11.9. The number of hydrogen-bond acceptors (Lipinski definition) is 4. The number of carbonyl (C=O) groups excluding carboxylic acids is 1. The van der Waals surface area contributed by atoms with Gasteiger partial charge in [0.05, 0.1) is 6.04 Å². The molecule has 1 aromatic carbocycles. The average molecular weight is 355 g/mol. The van der Waals surface area contributed by atoms with Crippen LogP contribution in [0.3, 0.4) is 0 Å². The third-order valence-corrected chi connectivity index (χ3v) is 4.57. The first kappa shape index (κ1) is 20.7. The minimum Gasteiger partial charge on any atom is -0.369 e. The molecule has 24 heavy (non-hydrogen) atoms. The maximum Gasteiger partial charge on any atom is 0.236 e. The first-order chi connectivity index (χ1) is 11.1. The van der Waals surface area contributed by atoms with E-state index in [2.05, 4.69) is 46.3 Å². The molecule has 3 N–H and O–H groups in total. The Morgan fingerprint density at radius 2 is 1.83 bits per heavy atom. The zero-order valence-corrected chi connectivity index (χ0v) is 15.6. The molecule has 1 heterocycles. The van der Waals surface area contributed by atoms with Crippen LogP contribution in [0.1, 0.15) is 26.7 Å². The molecule has 1 aliphatic heterocycles. The number of nitrogens with two attached hydrogens (primary N) is 1. The molecule has 2 atom stereocenters. The van der Waals surface area contributed by atoms with E-state index in [1.807, 2.05) is 13.0 Å². The first-order valence-electron chi connectivity index (χ1n) is 8.69. The molecule has 136 valence electrons. The van der Waals surface area contributed by atoms with Gasteiger partial charge in [0.15, 0.2) is 0 Å². The molecule has 0 radical (unpaired) electrons. The predicted octanol–water partition coefficient (Wildman–Crippen LogP) is 1.86. The van der Waals surface area contributed by atoms with Crippen LogP contribution < -0.4 is 16.0 Å². The van der Waals surface area contributed by atoms with E-state index in [4.69, 9.17) is 5.73 Å². The second kappa shape index (κ2) is 10.5. The summed E-state index contributed by atoms with van der Waals surface area (Å²) in [5.74, 6) is -0.0263. The second-order valence-corrected chi connectivity index (χ2v) is 6.35. The number of piperazine rings is 1. The summed E-state index contributed by atoms with van der Waals surface area (Å²) >= 11 is 0. The van der Waals surface area contributed by atoms with E-state index in [1.54, 1.807) is 0 Å². The van der Waals surface area contributed by atoms with Gasteiger partial charge in [0.2, 0.25) is 5.91 Å². The van der Waals surface area contributed by atoms with Crippen LogP contribution in [0, 0.1) is 0 Å². The molecule has 5 nitrogen and oxygen atoms in total. The number of halogens is 1. The van der Waals surface area contributed by atoms with Crippen molar-refractivity contribution in [1.29, 1.82) is 0 Å². The molecule has 0 bridgehead atoms. The quantitative estimate of drug-likeness (QED) is 0.784. The first-order valence-corrected chi connectivity index (χ1v) is 8.69. The van der Waals surface area contributed by atoms with Gasteiger partial charge in [-0.25, -0.2) is 0 Å². The van der Waals surface area contributed by atoms with Gasteiger partial charge in [0.25, 0.3) is 0 Å². The Labute approximate surface area is 152 Å². The van der Waals surface area contributed by atoms with Gasteiger partial charge in [-0.3, -0.25) is 9.69 Å². The number of amides is 1. The molecule has 0 aromatic heterocycles. The van der Waals surface area contributed by atoms with Crippen LogP contribution in [0.5, 0.6) is 0 Å². The van der Waals surface area contributed by atoms with Gasteiger partial charge in [-0.1, -0.05) is 31.5 Å². The molecule has 1 aromatic rings. The minimum atomic E-state index is -0.373. The lowest BCUT2D eigenvalue weighted by atomic mass is 10.1. The van der Waals surface area contributed by atoms with E-state index in [0.717, 1.165) is 39.0 Å². The van der Waals surface area contributed by atoms with E-state index in [0.29, 0.717) is 12.6 Å². The average Bonchev–Trinajstić information content (AvgIpc) is 2.60. The summed E-state index contributed by atoms with van der Waals surface area (Å²) in [5.41, 5.74) is 7.13. The van der Waals surface area contributed by atoms with Crippen LogP contribution in [0.2, 0.25) is 0 Å². The smallest absolute Gasteiger partial charge is 0.236 e. The van der Waals surface area contributed by atoms with Crippen LogP contribution >= 0.6 is 12.4 Å². The van der Waals surface area contributed by atoms with Gasteiger partial charge in [-0.2, -0.15) is 0 Å². The van der Waals surface area contributed by atoms with Gasteiger partial charge >= 0.3 is 0 Å². The second-order valence-electron chi connectivity index (χ2n) is 6.35. The Bertz CT molecular complexity index is 477. The van der Waals surface area contributed by atoms with Crippen LogP contribution in [-0.2, 0) is 4.79 Å². The zero-order chi connectivity index (χ0) is 16.7. The van der Waals surface area contributed by atoms with Crippen molar-refractivity contribution in [3.63, 3.8) is 0 Å². The SMILES string of the molecule is CCCC(N)C(=O)NCC(C)N1CCN(c2ccccc2)CC1.Cl. The Hall–Kier alpha value is -1.30. The van der Waals surface area contributed by atoms with Crippen molar-refractivity contribution in [2.24, 2.45) is 5.73 Å². The Balaban J connectivity index is 0.00000288. The summed E-state index contributed by atoms with van der Waals surface area (Å²) < 4.78 is 0. The number of rotatable bonds is 7. The standard InChI is InChI=1S/C18H30N4O.ClH/c1-3-7-17(19)18(23)20-14-15(2)21-10-12-22(13-11-21)16-8-5-4-6-9-16;/h4-6,8-9,15,17H,3,7,10-14,19H2,1-2H3,(H,20,23);1H.